The fraction of sp³-hybridized carbons (Fsp3) is 0.143. The summed E-state index contributed by atoms with van der Waals surface area (Å²) >= 11 is 6.47. The molecular weight excluding hydrogens is 432 g/mol. The number of benzene rings is 2. The Morgan fingerprint density at radius 3 is 2.73 bits per heavy atom. The minimum absolute atomic E-state index is 0.207. The van der Waals surface area contributed by atoms with Crippen molar-refractivity contribution in [1.29, 1.82) is 0 Å². The largest absolute Gasteiger partial charge is 0.456 e. The van der Waals surface area contributed by atoms with Gasteiger partial charge in [-0.2, -0.15) is 0 Å². The van der Waals surface area contributed by atoms with E-state index in [2.05, 4.69) is 46.4 Å². The van der Waals surface area contributed by atoms with Crippen molar-refractivity contribution in [3.05, 3.63) is 82.2 Å². The second kappa shape index (κ2) is 7.19. The molecule has 0 saturated heterocycles. The first-order valence-corrected chi connectivity index (χ1v) is 11.6. The molecule has 3 heterocycles. The summed E-state index contributed by atoms with van der Waals surface area (Å²) in [7, 11) is 0. The summed E-state index contributed by atoms with van der Waals surface area (Å²) in [5, 5.41) is 3.24. The molecule has 0 amide bonds. The van der Waals surface area contributed by atoms with Gasteiger partial charge in [-0.1, -0.05) is 54.6 Å². The summed E-state index contributed by atoms with van der Waals surface area (Å²) in [5.74, 6) is 0.313. The first-order valence-electron chi connectivity index (χ1n) is 11.2. The van der Waals surface area contributed by atoms with Gasteiger partial charge in [-0.25, -0.2) is 9.97 Å². The maximum Gasteiger partial charge on any atom is 0.223 e. The van der Waals surface area contributed by atoms with Gasteiger partial charge in [0, 0.05) is 27.5 Å². The van der Waals surface area contributed by atoms with E-state index < -0.39 is 0 Å². The van der Waals surface area contributed by atoms with Gasteiger partial charge < -0.3 is 8.83 Å². The van der Waals surface area contributed by atoms with Crippen LogP contribution in [0.4, 0.5) is 0 Å². The Hall–Kier alpha value is -3.63. The highest BCUT2D eigenvalue weighted by atomic mass is 35.5. The van der Waals surface area contributed by atoms with Crippen LogP contribution in [0, 0.1) is 5.92 Å². The number of fused-ring (bicyclic) bond motifs is 6. The topological polar surface area (TPSA) is 52.1 Å². The van der Waals surface area contributed by atoms with Crippen LogP contribution >= 0.6 is 11.6 Å². The molecule has 1 unspecified atom stereocenters. The summed E-state index contributed by atoms with van der Waals surface area (Å²) in [6.07, 6.45) is 14.4. The monoisotopic (exact) mass is 450 g/mol. The molecule has 2 aliphatic rings. The zero-order valence-electron chi connectivity index (χ0n) is 17.7. The second-order valence-electron chi connectivity index (χ2n) is 8.57. The first-order chi connectivity index (χ1) is 16.3. The van der Waals surface area contributed by atoms with Crippen molar-refractivity contribution in [3.63, 3.8) is 0 Å². The van der Waals surface area contributed by atoms with E-state index in [0.29, 0.717) is 17.2 Å². The van der Waals surface area contributed by atoms with E-state index in [4.69, 9.17) is 20.4 Å². The molecule has 2 aromatic carbocycles. The van der Waals surface area contributed by atoms with Gasteiger partial charge in [0.1, 0.15) is 27.8 Å². The van der Waals surface area contributed by atoms with Crippen molar-refractivity contribution < 1.29 is 8.83 Å². The fourth-order valence-corrected chi connectivity index (χ4v) is 5.26. The second-order valence-corrected chi connectivity index (χ2v) is 8.91. The molecule has 4 nitrogen and oxygen atoms in total. The predicted molar refractivity (Wildman–Crippen MR) is 132 cm³/mol. The molecule has 0 fully saturated rings. The number of halogens is 1. The van der Waals surface area contributed by atoms with E-state index in [9.17, 15) is 0 Å². The van der Waals surface area contributed by atoms with Crippen molar-refractivity contribution >= 4 is 56.8 Å². The van der Waals surface area contributed by atoms with Crippen LogP contribution in [-0.2, 0) is 0 Å². The molecular formula is C28H19ClN2O2. The highest BCUT2D eigenvalue weighted by Gasteiger charge is 2.22. The zero-order chi connectivity index (χ0) is 21.9. The van der Waals surface area contributed by atoms with E-state index in [0.717, 1.165) is 62.9 Å². The Bertz CT molecular complexity index is 1770. The quantitative estimate of drug-likeness (QED) is 0.296. The maximum atomic E-state index is 6.47. The average Bonchev–Trinajstić information content (AvgIpc) is 3.42. The Morgan fingerprint density at radius 1 is 0.909 bits per heavy atom. The van der Waals surface area contributed by atoms with Crippen LogP contribution in [0.3, 0.4) is 0 Å². The van der Waals surface area contributed by atoms with Crippen LogP contribution in [0.15, 0.2) is 75.1 Å². The lowest BCUT2D eigenvalue weighted by atomic mass is 9.88. The van der Waals surface area contributed by atoms with Gasteiger partial charge in [0.25, 0.3) is 0 Å². The minimum atomic E-state index is 0.207. The van der Waals surface area contributed by atoms with Gasteiger partial charge in [-0.3, -0.25) is 0 Å². The predicted octanol–water partition coefficient (Wildman–Crippen LogP) is 6.30. The molecule has 0 spiro atoms. The summed E-state index contributed by atoms with van der Waals surface area (Å²) in [6, 6.07) is 14.0. The maximum absolute atomic E-state index is 6.47. The molecule has 5 heteroatoms. The number of nitrogens with zero attached hydrogens (tertiary/aromatic N) is 2. The number of rotatable bonds is 2. The number of allylic oxidation sites excluding steroid dienone is 4. The third-order valence-corrected chi connectivity index (χ3v) is 6.77. The van der Waals surface area contributed by atoms with Crippen molar-refractivity contribution in [1.82, 2.24) is 9.97 Å². The van der Waals surface area contributed by atoms with Crippen LogP contribution in [0.1, 0.15) is 19.3 Å². The van der Waals surface area contributed by atoms with Gasteiger partial charge in [-0.15, -0.1) is 0 Å². The van der Waals surface area contributed by atoms with E-state index in [-0.39, 0.29) is 5.28 Å². The number of aromatic nitrogens is 2. The SMILES string of the molecule is Clc1nc(-c2cccc3oc4ccccc4c23)c2oc3c(c2n1)=CC(C1=CCCC=C1)CC=3. The van der Waals surface area contributed by atoms with Gasteiger partial charge in [0.2, 0.25) is 5.28 Å². The number of para-hydroxylation sites is 1. The van der Waals surface area contributed by atoms with Gasteiger partial charge in [0.15, 0.2) is 5.58 Å². The minimum Gasteiger partial charge on any atom is -0.456 e. The lowest BCUT2D eigenvalue weighted by Crippen LogP contribution is -2.26. The van der Waals surface area contributed by atoms with Crippen molar-refractivity contribution in [3.8, 4) is 11.3 Å². The fourth-order valence-electron chi connectivity index (χ4n) is 5.10. The van der Waals surface area contributed by atoms with Crippen LogP contribution in [0.5, 0.6) is 0 Å². The number of hydrogen-bond acceptors (Lipinski definition) is 4. The average molecular weight is 451 g/mol. The summed E-state index contributed by atoms with van der Waals surface area (Å²) in [4.78, 5) is 9.22. The molecule has 5 aromatic rings. The smallest absolute Gasteiger partial charge is 0.223 e. The molecule has 2 aliphatic carbocycles. The molecule has 160 valence electrons. The Kier molecular flexibility index (Phi) is 4.12. The third kappa shape index (κ3) is 2.91. The summed E-state index contributed by atoms with van der Waals surface area (Å²) in [6.45, 7) is 0. The van der Waals surface area contributed by atoms with Crippen molar-refractivity contribution in [2.24, 2.45) is 5.92 Å². The Morgan fingerprint density at radius 2 is 1.82 bits per heavy atom. The molecule has 0 N–H and O–H groups in total. The van der Waals surface area contributed by atoms with Gasteiger partial charge in [0.05, 0.1) is 0 Å². The highest BCUT2D eigenvalue weighted by Crippen LogP contribution is 2.38. The van der Waals surface area contributed by atoms with Crippen molar-refractivity contribution in [2.45, 2.75) is 19.3 Å². The molecule has 33 heavy (non-hydrogen) atoms. The van der Waals surface area contributed by atoms with E-state index in [1.54, 1.807) is 0 Å². The summed E-state index contributed by atoms with van der Waals surface area (Å²) in [5.41, 5.74) is 6.86. The third-order valence-electron chi connectivity index (χ3n) is 6.61. The molecule has 1 atom stereocenters. The van der Waals surface area contributed by atoms with Crippen LogP contribution in [0.25, 0.3) is 56.4 Å². The van der Waals surface area contributed by atoms with E-state index >= 15 is 0 Å². The lowest BCUT2D eigenvalue weighted by molar-refractivity contribution is 0.568. The molecule has 7 rings (SSSR count). The Labute approximate surface area is 194 Å². The molecule has 0 saturated carbocycles. The van der Waals surface area contributed by atoms with Gasteiger partial charge >= 0.3 is 0 Å². The van der Waals surface area contributed by atoms with Crippen LogP contribution in [-0.4, -0.2) is 9.97 Å². The number of furan rings is 2. The van der Waals surface area contributed by atoms with Crippen LogP contribution in [0.2, 0.25) is 5.28 Å². The molecule has 0 radical (unpaired) electrons. The van der Waals surface area contributed by atoms with Crippen molar-refractivity contribution in [2.75, 3.05) is 0 Å². The molecule has 0 bridgehead atoms. The zero-order valence-corrected chi connectivity index (χ0v) is 18.5. The van der Waals surface area contributed by atoms with Crippen LogP contribution < -0.4 is 10.6 Å². The normalized spacial score (nSPS) is 17.7. The first kappa shape index (κ1) is 18.9. The standard InChI is InChI=1S/C28H19ClN2O2/c29-28-30-25(19-10-6-12-23-24(19)18-9-4-5-11-21(18)32-23)27-26(31-28)20-15-17(13-14-22(20)33-27)16-7-2-1-3-8-16/h2,4-12,14-15,17H,1,3,13H2. The molecule has 0 aliphatic heterocycles. The number of hydrogen-bond donors (Lipinski definition) is 0. The van der Waals surface area contributed by atoms with Gasteiger partial charge in [-0.05, 0) is 54.6 Å². The summed E-state index contributed by atoms with van der Waals surface area (Å²) < 4.78 is 12.5. The highest BCUT2D eigenvalue weighted by molar-refractivity contribution is 6.29. The van der Waals surface area contributed by atoms with E-state index in [1.807, 2.05) is 36.4 Å². The lowest BCUT2D eigenvalue weighted by Gasteiger charge is -2.16. The Balaban J connectivity index is 1.52. The van der Waals surface area contributed by atoms with E-state index in [1.165, 1.54) is 5.57 Å². The molecule has 3 aromatic heterocycles.